The first-order valence-corrected chi connectivity index (χ1v) is 10.9. The van der Waals surface area contributed by atoms with Crippen molar-refractivity contribution in [2.24, 2.45) is 22.4 Å². The molecule has 0 spiro atoms. The number of nitrogens with two attached hydrogens (primary N) is 2. The minimum absolute atomic E-state index is 0.528. The van der Waals surface area contributed by atoms with Gasteiger partial charge in [0.05, 0.1) is 12.0 Å². The normalized spacial score (nSPS) is 16.6. The van der Waals surface area contributed by atoms with Crippen molar-refractivity contribution in [3.63, 3.8) is 0 Å². The monoisotopic (exact) mass is 405 g/mol. The molecule has 4 rings (SSSR count). The molecule has 0 saturated heterocycles. The van der Waals surface area contributed by atoms with Gasteiger partial charge in [-0.25, -0.2) is 4.99 Å². The molecule has 2 heterocycles. The second-order valence-electron chi connectivity index (χ2n) is 7.19. The molecule has 1 aromatic heterocycles. The summed E-state index contributed by atoms with van der Waals surface area (Å²) in [6.07, 6.45) is 16.1. The van der Waals surface area contributed by atoms with Gasteiger partial charge in [-0.2, -0.15) is 0 Å². The van der Waals surface area contributed by atoms with Crippen LogP contribution in [0.25, 0.3) is 5.70 Å². The summed E-state index contributed by atoms with van der Waals surface area (Å²) in [7, 11) is 0. The molecule has 30 heavy (non-hydrogen) atoms. The van der Waals surface area contributed by atoms with Crippen LogP contribution in [0.5, 0.6) is 0 Å². The summed E-state index contributed by atoms with van der Waals surface area (Å²) < 4.78 is 0. The highest BCUT2D eigenvalue weighted by atomic mass is 15.0. The zero-order chi connectivity index (χ0) is 21.8. The number of benzene rings is 1. The number of fused-ring (bicyclic) bond motifs is 1. The Morgan fingerprint density at radius 2 is 1.83 bits per heavy atom. The fourth-order valence-electron chi connectivity index (χ4n) is 3.70. The van der Waals surface area contributed by atoms with Crippen molar-refractivity contribution in [2.75, 3.05) is 6.54 Å². The van der Waals surface area contributed by atoms with E-state index in [0.29, 0.717) is 12.5 Å². The molecule has 160 valence electrons. The molecule has 1 saturated carbocycles. The molecule has 5 heteroatoms. The van der Waals surface area contributed by atoms with Crippen LogP contribution in [-0.4, -0.2) is 17.9 Å². The highest BCUT2D eigenvalue weighted by Gasteiger charge is 2.22. The van der Waals surface area contributed by atoms with Gasteiger partial charge in [0.1, 0.15) is 5.82 Å². The van der Waals surface area contributed by atoms with Crippen LogP contribution in [0, 0.1) is 18.3 Å². The Labute approximate surface area is 181 Å². The van der Waals surface area contributed by atoms with Crippen LogP contribution >= 0.6 is 0 Å². The number of aromatic nitrogens is 1. The summed E-state index contributed by atoms with van der Waals surface area (Å²) >= 11 is 0. The number of hydrogen-bond donors (Lipinski definition) is 4. The number of hydrogen-bond acceptors (Lipinski definition) is 4. The maximum atomic E-state index is 6.34. The zero-order valence-electron chi connectivity index (χ0n) is 18.2. The molecular formula is C25H35N5. The van der Waals surface area contributed by atoms with Crippen LogP contribution in [-0.2, 0) is 6.42 Å². The molecule has 1 aliphatic heterocycles. The van der Waals surface area contributed by atoms with Gasteiger partial charge in [-0.1, -0.05) is 51.2 Å². The Balaban J connectivity index is 0.000000215. The summed E-state index contributed by atoms with van der Waals surface area (Å²) in [6.45, 7) is 4.69. The van der Waals surface area contributed by atoms with E-state index in [9.17, 15) is 0 Å². The number of H-pyrrole nitrogens is 1. The lowest BCUT2D eigenvalue weighted by molar-refractivity contribution is 0.400. The Kier molecular flexibility index (Phi) is 9.76. The number of terminal acetylenes is 1. The van der Waals surface area contributed by atoms with Crippen molar-refractivity contribution in [3.05, 3.63) is 58.9 Å². The van der Waals surface area contributed by atoms with E-state index in [-0.39, 0.29) is 0 Å². The topological polar surface area (TPSA) is 92.2 Å². The number of aromatic amines is 1. The standard InChI is InChI=1S/C13H18N4.C10H11N.C2H6/c14-11(9-4-2-1-3-5-9)12-10-6-7-15-13(10)17-8-16-12;1-2-9-3-5-10(6-4-9)7-8-11;1-2/h6-9,15H,1-5,14H2,(H,16,17);1,3-6H,7-8,11H2;1-2H3/b12-11-;;. The van der Waals surface area contributed by atoms with Crippen molar-refractivity contribution in [3.8, 4) is 12.3 Å². The lowest BCUT2D eigenvalue weighted by atomic mass is 9.85. The third-order valence-electron chi connectivity index (χ3n) is 5.28. The van der Waals surface area contributed by atoms with Crippen LogP contribution in [0.4, 0.5) is 5.82 Å². The minimum atomic E-state index is 0.528. The minimum Gasteiger partial charge on any atom is -0.400 e. The van der Waals surface area contributed by atoms with Gasteiger partial charge in [0.25, 0.3) is 0 Å². The van der Waals surface area contributed by atoms with Crippen molar-refractivity contribution in [1.82, 2.24) is 10.3 Å². The van der Waals surface area contributed by atoms with Crippen molar-refractivity contribution < 1.29 is 0 Å². The fraction of sp³-hybridized carbons (Fsp3) is 0.400. The first-order chi connectivity index (χ1) is 14.7. The van der Waals surface area contributed by atoms with Crippen LogP contribution < -0.4 is 16.8 Å². The van der Waals surface area contributed by atoms with E-state index in [2.05, 4.69) is 21.2 Å². The Morgan fingerprint density at radius 1 is 1.13 bits per heavy atom. The van der Waals surface area contributed by atoms with Crippen LogP contribution in [0.3, 0.4) is 0 Å². The third kappa shape index (κ3) is 6.27. The van der Waals surface area contributed by atoms with Crippen LogP contribution in [0.2, 0.25) is 0 Å². The first kappa shape index (κ1) is 23.3. The smallest absolute Gasteiger partial charge is 0.141 e. The number of nitrogens with one attached hydrogen (secondary N) is 2. The van der Waals surface area contributed by atoms with E-state index in [4.69, 9.17) is 17.9 Å². The summed E-state index contributed by atoms with van der Waals surface area (Å²) in [6, 6.07) is 9.93. The highest BCUT2D eigenvalue weighted by molar-refractivity contribution is 5.87. The van der Waals surface area contributed by atoms with Gasteiger partial charge in [0, 0.05) is 28.9 Å². The Bertz CT molecular complexity index is 862. The van der Waals surface area contributed by atoms with Crippen LogP contribution in [0.15, 0.2) is 47.2 Å². The largest absolute Gasteiger partial charge is 0.400 e. The maximum absolute atomic E-state index is 6.34. The molecule has 1 aromatic carbocycles. The SMILES string of the molecule is C#Cc1ccc(CCN)cc1.CC.N/C(=C1\NC=Nc2[nH]ccc21)C1CCCCC1. The molecule has 1 aliphatic carbocycles. The molecular weight excluding hydrogens is 370 g/mol. The first-order valence-electron chi connectivity index (χ1n) is 10.9. The molecule has 2 aromatic rings. The maximum Gasteiger partial charge on any atom is 0.141 e. The van der Waals surface area contributed by atoms with E-state index in [1.807, 2.05) is 50.4 Å². The summed E-state index contributed by atoms with van der Waals surface area (Å²) in [5, 5.41) is 3.20. The third-order valence-corrected chi connectivity index (χ3v) is 5.28. The fourth-order valence-corrected chi connectivity index (χ4v) is 3.70. The zero-order valence-corrected chi connectivity index (χ0v) is 18.2. The molecule has 1 fully saturated rings. The predicted molar refractivity (Wildman–Crippen MR) is 128 cm³/mol. The van der Waals surface area contributed by atoms with E-state index < -0.39 is 0 Å². The summed E-state index contributed by atoms with van der Waals surface area (Å²) in [5.41, 5.74) is 17.0. The van der Waals surface area contributed by atoms with Gasteiger partial charge in [0.2, 0.25) is 0 Å². The molecule has 0 radical (unpaired) electrons. The van der Waals surface area contributed by atoms with Gasteiger partial charge >= 0.3 is 0 Å². The van der Waals surface area contributed by atoms with Gasteiger partial charge in [-0.3, -0.25) is 0 Å². The Morgan fingerprint density at radius 3 is 2.47 bits per heavy atom. The number of allylic oxidation sites excluding steroid dienone is 1. The van der Waals surface area contributed by atoms with Gasteiger partial charge in [-0.15, -0.1) is 6.42 Å². The quantitative estimate of drug-likeness (QED) is 0.559. The molecule has 0 amide bonds. The van der Waals surface area contributed by atoms with E-state index in [0.717, 1.165) is 34.8 Å². The average Bonchev–Trinajstić information content (AvgIpc) is 3.31. The van der Waals surface area contributed by atoms with Crippen molar-refractivity contribution >= 4 is 17.9 Å². The summed E-state index contributed by atoms with van der Waals surface area (Å²) in [5.74, 6) is 3.99. The number of rotatable bonds is 3. The molecule has 0 atom stereocenters. The summed E-state index contributed by atoms with van der Waals surface area (Å²) in [4.78, 5) is 7.37. The number of nitrogens with zero attached hydrogens (tertiary/aromatic N) is 1. The Hall–Kier alpha value is -2.97. The lowest BCUT2D eigenvalue weighted by Crippen LogP contribution is -2.24. The highest BCUT2D eigenvalue weighted by Crippen LogP contribution is 2.33. The molecule has 0 unspecified atom stereocenters. The van der Waals surface area contributed by atoms with Gasteiger partial charge in [-0.05, 0) is 49.6 Å². The van der Waals surface area contributed by atoms with Crippen molar-refractivity contribution in [2.45, 2.75) is 52.4 Å². The van der Waals surface area contributed by atoms with Crippen molar-refractivity contribution in [1.29, 1.82) is 0 Å². The molecule has 2 aliphatic rings. The molecule has 5 nitrogen and oxygen atoms in total. The molecule has 0 bridgehead atoms. The predicted octanol–water partition coefficient (Wildman–Crippen LogP) is 4.68. The lowest BCUT2D eigenvalue weighted by Gasteiger charge is -2.25. The van der Waals surface area contributed by atoms with E-state index in [1.165, 1.54) is 37.7 Å². The molecule has 6 N–H and O–H groups in total. The second-order valence-corrected chi connectivity index (χ2v) is 7.19. The van der Waals surface area contributed by atoms with Gasteiger partial charge < -0.3 is 21.8 Å². The van der Waals surface area contributed by atoms with E-state index in [1.54, 1.807) is 6.34 Å². The van der Waals surface area contributed by atoms with Gasteiger partial charge in [0.15, 0.2) is 0 Å². The average molecular weight is 406 g/mol. The second kappa shape index (κ2) is 12.6. The van der Waals surface area contributed by atoms with E-state index >= 15 is 0 Å². The van der Waals surface area contributed by atoms with Crippen LogP contribution in [0.1, 0.15) is 62.6 Å². The number of aliphatic imine (C=N–C) groups is 1.